The lowest BCUT2D eigenvalue weighted by Crippen LogP contribution is -2.33. The van der Waals surface area contributed by atoms with E-state index in [1.807, 2.05) is 10.9 Å². The molecule has 4 heterocycles. The Labute approximate surface area is 358 Å². The van der Waals surface area contributed by atoms with E-state index in [9.17, 15) is 0 Å². The molecule has 0 fully saturated rings. The molecule has 4 aromatic heterocycles. The highest BCUT2D eigenvalue weighted by Crippen LogP contribution is 2.38. The van der Waals surface area contributed by atoms with Crippen LogP contribution in [0.2, 0.25) is 0 Å². The molecule has 0 amide bonds. The topological polar surface area (TPSA) is 44.5 Å². The van der Waals surface area contributed by atoms with Crippen LogP contribution >= 0.6 is 0 Å². The maximum atomic E-state index is 5.31. The summed E-state index contributed by atoms with van der Waals surface area (Å²) in [5.41, 5.74) is 12.3. The number of rotatable bonds is 5. The van der Waals surface area contributed by atoms with E-state index >= 15 is 0 Å². The highest BCUT2D eigenvalue weighted by atomic mass is 15.4. The molecule has 0 aliphatic carbocycles. The van der Waals surface area contributed by atoms with E-state index in [1.54, 1.807) is 0 Å². The predicted octanol–water partition coefficient (Wildman–Crippen LogP) is 13.1. The Bertz CT molecular complexity index is 3270. The summed E-state index contributed by atoms with van der Waals surface area (Å²) >= 11 is 0. The van der Waals surface area contributed by atoms with Crippen molar-refractivity contribution in [3.8, 4) is 34.3 Å². The highest BCUT2D eigenvalue weighted by Gasteiger charge is 2.24. The van der Waals surface area contributed by atoms with Crippen LogP contribution in [0.5, 0.6) is 0 Å². The van der Waals surface area contributed by atoms with Crippen molar-refractivity contribution in [2.45, 2.75) is 78.6 Å². The summed E-state index contributed by atoms with van der Waals surface area (Å²) in [6, 6.07) is 52.7. The first-order valence-corrected chi connectivity index (χ1v) is 21.3. The van der Waals surface area contributed by atoms with Crippen molar-refractivity contribution in [2.24, 2.45) is 0 Å². The lowest BCUT2D eigenvalue weighted by Gasteiger charge is -2.27. The summed E-state index contributed by atoms with van der Waals surface area (Å²) in [6.07, 6.45) is 5.65. The van der Waals surface area contributed by atoms with Crippen LogP contribution in [-0.4, -0.2) is 23.9 Å². The minimum absolute atomic E-state index is 0.0126. The van der Waals surface area contributed by atoms with Gasteiger partial charge in [0.2, 0.25) is 12.2 Å². The third-order valence-corrected chi connectivity index (χ3v) is 12.2. The fourth-order valence-corrected chi connectivity index (χ4v) is 8.70. The Hall–Kier alpha value is -6.79. The van der Waals surface area contributed by atoms with Gasteiger partial charge in [0, 0.05) is 50.2 Å². The number of pyridine rings is 1. The van der Waals surface area contributed by atoms with Crippen molar-refractivity contribution in [1.82, 2.24) is 23.9 Å². The first-order chi connectivity index (χ1) is 29.1. The number of fused-ring (bicyclic) bond motifs is 6. The molecule has 0 atom stereocenters. The third kappa shape index (κ3) is 6.62. The van der Waals surface area contributed by atoms with Crippen LogP contribution < -0.4 is 4.57 Å². The van der Waals surface area contributed by atoms with Crippen molar-refractivity contribution in [1.29, 1.82) is 0 Å². The molecule has 61 heavy (non-hydrogen) atoms. The molecule has 6 nitrogen and oxygen atoms in total. The van der Waals surface area contributed by atoms with Crippen LogP contribution in [0, 0.1) is 6.33 Å². The van der Waals surface area contributed by atoms with Gasteiger partial charge in [0.05, 0.1) is 22.2 Å². The summed E-state index contributed by atoms with van der Waals surface area (Å²) in [4.78, 5) is 4.96. The molecule has 0 saturated heterocycles. The first kappa shape index (κ1) is 38.4. The van der Waals surface area contributed by atoms with Crippen LogP contribution in [0.3, 0.4) is 0 Å². The maximum Gasteiger partial charge on any atom is 0.231 e. The molecule has 302 valence electrons. The summed E-state index contributed by atoms with van der Waals surface area (Å²) in [7, 11) is 0. The van der Waals surface area contributed by atoms with Crippen LogP contribution in [0.4, 0.5) is 0 Å². The molecule has 6 aromatic carbocycles. The normalized spacial score (nSPS) is 12.7. The predicted molar refractivity (Wildman–Crippen MR) is 252 cm³/mol. The molecule has 0 aliphatic heterocycles. The second-order valence-electron chi connectivity index (χ2n) is 19.6. The Morgan fingerprint density at radius 1 is 0.459 bits per heavy atom. The van der Waals surface area contributed by atoms with Gasteiger partial charge in [0.1, 0.15) is 5.82 Å². The lowest BCUT2D eigenvalue weighted by atomic mass is 9.80. The van der Waals surface area contributed by atoms with Crippen LogP contribution in [-0.2, 0) is 16.2 Å². The van der Waals surface area contributed by atoms with Crippen molar-refractivity contribution in [3.05, 3.63) is 175 Å². The Balaban J connectivity index is 1.19. The second-order valence-corrected chi connectivity index (χ2v) is 19.6. The van der Waals surface area contributed by atoms with Crippen molar-refractivity contribution >= 4 is 43.6 Å². The molecular formula is C55H52N6. The molecule has 10 aromatic rings. The first-order valence-electron chi connectivity index (χ1n) is 21.3. The zero-order chi connectivity index (χ0) is 42.4. The number of aromatic nitrogens is 6. The van der Waals surface area contributed by atoms with Gasteiger partial charge in [-0.1, -0.05) is 165 Å². The second kappa shape index (κ2) is 13.9. The molecule has 10 rings (SSSR count). The van der Waals surface area contributed by atoms with Crippen LogP contribution in [0.15, 0.2) is 152 Å². The summed E-state index contributed by atoms with van der Waals surface area (Å²) in [6.45, 7) is 20.4. The molecule has 0 saturated carbocycles. The minimum Gasteiger partial charge on any atom is -0.314 e. The molecular weight excluding hydrogens is 745 g/mol. The molecule has 0 bridgehead atoms. The van der Waals surface area contributed by atoms with Gasteiger partial charge in [-0.25, -0.2) is 4.98 Å². The van der Waals surface area contributed by atoms with Gasteiger partial charge in [-0.3, -0.25) is 4.57 Å². The van der Waals surface area contributed by atoms with Gasteiger partial charge >= 0.3 is 0 Å². The smallest absolute Gasteiger partial charge is 0.231 e. The average molecular weight is 797 g/mol. The standard InChI is InChI=1S/C55H52N6/c1-53(2,3)37-27-28-56-51(32-37)61-48-22-16-14-20-44(48)46-26-24-41(34-50(46)61)60-47-21-15-13-19-43(47)45-25-23-40(33-49(45)60)59-35-58(52(57-59)36-17-11-10-12-18-36)42-30-38(54(4,5)6)29-39(31-42)55(7,8)9/h10-34H,1-9H3. The van der Waals surface area contributed by atoms with Gasteiger partial charge in [0.15, 0.2) is 0 Å². The number of para-hydroxylation sites is 2. The monoisotopic (exact) mass is 796 g/mol. The van der Waals surface area contributed by atoms with Crippen LogP contribution in [0.25, 0.3) is 77.9 Å². The quantitative estimate of drug-likeness (QED) is 0.129. The van der Waals surface area contributed by atoms with Gasteiger partial charge in [0.25, 0.3) is 0 Å². The molecule has 6 heteroatoms. The average Bonchev–Trinajstić information content (AvgIpc) is 3.93. The Morgan fingerprint density at radius 2 is 0.984 bits per heavy atom. The van der Waals surface area contributed by atoms with E-state index < -0.39 is 0 Å². The van der Waals surface area contributed by atoms with E-state index in [1.165, 1.54) is 38.2 Å². The largest absolute Gasteiger partial charge is 0.314 e. The highest BCUT2D eigenvalue weighted by molar-refractivity contribution is 6.12. The Kier molecular flexibility index (Phi) is 8.74. The van der Waals surface area contributed by atoms with E-state index in [4.69, 9.17) is 10.1 Å². The summed E-state index contributed by atoms with van der Waals surface area (Å²) < 4.78 is 8.77. The third-order valence-electron chi connectivity index (χ3n) is 12.2. The van der Waals surface area contributed by atoms with Gasteiger partial charge < -0.3 is 9.13 Å². The number of hydrogen-bond acceptors (Lipinski definition) is 2. The van der Waals surface area contributed by atoms with Crippen molar-refractivity contribution in [2.75, 3.05) is 0 Å². The zero-order valence-electron chi connectivity index (χ0n) is 36.6. The molecule has 0 N–H and O–H groups in total. The minimum atomic E-state index is -0.0394. The summed E-state index contributed by atoms with van der Waals surface area (Å²) in [5.74, 6) is 1.74. The van der Waals surface area contributed by atoms with Gasteiger partial charge in [-0.2, -0.15) is 4.68 Å². The number of hydrogen-bond donors (Lipinski definition) is 0. The molecule has 0 spiro atoms. The van der Waals surface area contributed by atoms with E-state index in [0.717, 1.165) is 56.3 Å². The number of benzene rings is 6. The van der Waals surface area contributed by atoms with Gasteiger partial charge in [-0.05, 0) is 80.5 Å². The molecule has 0 aliphatic rings. The molecule has 0 unspecified atom stereocenters. The number of nitrogens with zero attached hydrogens (tertiary/aromatic N) is 6. The van der Waals surface area contributed by atoms with E-state index in [2.05, 4.69) is 228 Å². The van der Waals surface area contributed by atoms with E-state index in [0.29, 0.717) is 0 Å². The van der Waals surface area contributed by atoms with Crippen molar-refractivity contribution < 1.29 is 4.57 Å². The summed E-state index contributed by atoms with van der Waals surface area (Å²) in [5, 5.41) is 10.1. The maximum absolute atomic E-state index is 5.31. The Morgan fingerprint density at radius 3 is 1.61 bits per heavy atom. The molecule has 0 radical (unpaired) electrons. The van der Waals surface area contributed by atoms with E-state index in [-0.39, 0.29) is 16.2 Å². The van der Waals surface area contributed by atoms with Crippen molar-refractivity contribution in [3.63, 3.8) is 0 Å². The zero-order valence-corrected chi connectivity index (χ0v) is 36.6. The van der Waals surface area contributed by atoms with Crippen LogP contribution in [0.1, 0.15) is 79.0 Å². The SMILES string of the molecule is CC(C)(C)c1cc(-[n+]2[c-]n(-c3ccc4c5ccccc5n(-c5ccc6c7ccccc7n(-c7cc(C(C)(C)C)ccn7)c6c5)c4c3)nc2-c2ccccc2)cc(C(C)(C)C)c1. The fraction of sp³-hybridized carbons (Fsp3) is 0.218. The van der Waals surface area contributed by atoms with Gasteiger partial charge in [-0.15, -0.1) is 0 Å². The lowest BCUT2D eigenvalue weighted by molar-refractivity contribution is -0.589. The fourth-order valence-electron chi connectivity index (χ4n) is 8.70.